The molecule has 1 saturated carbocycles. The lowest BCUT2D eigenvalue weighted by Gasteiger charge is -2.32. The second kappa shape index (κ2) is 7.85. The number of hydrogen-bond donors (Lipinski definition) is 2. The van der Waals surface area contributed by atoms with Gasteiger partial charge in [-0.1, -0.05) is 20.3 Å². The van der Waals surface area contributed by atoms with E-state index in [-0.39, 0.29) is 23.9 Å². The second-order valence-electron chi connectivity index (χ2n) is 6.33. The minimum absolute atomic E-state index is 0.0383. The lowest BCUT2D eigenvalue weighted by molar-refractivity contribution is -0.149. The maximum Gasteiger partial charge on any atom is 0.308 e. The molecule has 0 aromatic carbocycles. The predicted octanol–water partition coefficient (Wildman–Crippen LogP) is 2.11. The van der Waals surface area contributed by atoms with E-state index in [1.807, 2.05) is 6.92 Å². The summed E-state index contributed by atoms with van der Waals surface area (Å²) >= 11 is 0. The van der Waals surface area contributed by atoms with Gasteiger partial charge in [0.05, 0.1) is 12.5 Å². The number of aliphatic hydroxyl groups is 1. The van der Waals surface area contributed by atoms with Gasteiger partial charge in [0.1, 0.15) is 0 Å². The molecule has 1 rings (SSSR count). The van der Waals surface area contributed by atoms with Gasteiger partial charge in [-0.15, -0.1) is 0 Å². The van der Waals surface area contributed by atoms with Crippen LogP contribution in [-0.2, 0) is 9.53 Å². The van der Waals surface area contributed by atoms with Crippen LogP contribution in [0.15, 0.2) is 0 Å². The Morgan fingerprint density at radius 2 is 2.16 bits per heavy atom. The van der Waals surface area contributed by atoms with Crippen LogP contribution in [0.4, 0.5) is 0 Å². The Balaban J connectivity index is 2.36. The van der Waals surface area contributed by atoms with Crippen molar-refractivity contribution in [3.8, 4) is 0 Å². The summed E-state index contributed by atoms with van der Waals surface area (Å²) in [5, 5.41) is 12.6. The zero-order valence-corrected chi connectivity index (χ0v) is 12.6. The van der Waals surface area contributed by atoms with Crippen molar-refractivity contribution in [2.24, 2.45) is 11.3 Å². The molecule has 0 saturated heterocycles. The molecule has 2 N–H and O–H groups in total. The predicted molar refractivity (Wildman–Crippen MR) is 75.9 cm³/mol. The molecule has 0 radical (unpaired) electrons. The average molecular weight is 271 g/mol. The molecule has 4 heteroatoms. The van der Waals surface area contributed by atoms with Gasteiger partial charge < -0.3 is 15.2 Å². The van der Waals surface area contributed by atoms with Gasteiger partial charge >= 0.3 is 5.97 Å². The summed E-state index contributed by atoms with van der Waals surface area (Å²) in [4.78, 5) is 11.8. The first-order chi connectivity index (χ1) is 8.98. The first-order valence-electron chi connectivity index (χ1n) is 7.49. The molecule has 2 unspecified atom stereocenters. The van der Waals surface area contributed by atoms with E-state index in [1.54, 1.807) is 0 Å². The average Bonchev–Trinajstić information content (AvgIpc) is 2.37. The van der Waals surface area contributed by atoms with Crippen LogP contribution in [0, 0.1) is 11.3 Å². The number of carbonyl (C=O) groups is 1. The van der Waals surface area contributed by atoms with Crippen LogP contribution >= 0.6 is 0 Å². The number of rotatable bonds is 7. The lowest BCUT2D eigenvalue weighted by atomic mass is 9.84. The molecular weight excluding hydrogens is 242 g/mol. The van der Waals surface area contributed by atoms with Crippen molar-refractivity contribution in [3.63, 3.8) is 0 Å². The lowest BCUT2D eigenvalue weighted by Crippen LogP contribution is -2.41. The van der Waals surface area contributed by atoms with Crippen molar-refractivity contribution < 1.29 is 14.6 Å². The standard InChI is InChI=1S/C15H29NO3/c1-4-19-14(18)12-6-5-7-13(10-12)16-11-15(2,3)8-9-17/h12-13,16-17H,4-11H2,1-3H3. The van der Waals surface area contributed by atoms with E-state index in [0.29, 0.717) is 12.6 Å². The highest BCUT2D eigenvalue weighted by atomic mass is 16.5. The molecule has 1 aliphatic rings. The Hall–Kier alpha value is -0.610. The molecule has 0 heterocycles. The van der Waals surface area contributed by atoms with Gasteiger partial charge in [-0.2, -0.15) is 0 Å². The van der Waals surface area contributed by atoms with E-state index < -0.39 is 0 Å². The first kappa shape index (κ1) is 16.4. The summed E-state index contributed by atoms with van der Waals surface area (Å²) < 4.78 is 5.11. The van der Waals surface area contributed by atoms with Gasteiger partial charge in [-0.05, 0) is 38.0 Å². The zero-order chi connectivity index (χ0) is 14.3. The van der Waals surface area contributed by atoms with Crippen LogP contribution in [0.25, 0.3) is 0 Å². The van der Waals surface area contributed by atoms with E-state index in [9.17, 15) is 4.79 Å². The Morgan fingerprint density at radius 3 is 2.79 bits per heavy atom. The third-order valence-corrected chi connectivity index (χ3v) is 3.95. The fourth-order valence-electron chi connectivity index (χ4n) is 2.66. The van der Waals surface area contributed by atoms with Gasteiger partial charge in [0.2, 0.25) is 0 Å². The van der Waals surface area contributed by atoms with Crippen molar-refractivity contribution in [2.45, 2.75) is 58.9 Å². The summed E-state index contributed by atoms with van der Waals surface area (Å²) in [7, 11) is 0. The van der Waals surface area contributed by atoms with Crippen molar-refractivity contribution in [3.05, 3.63) is 0 Å². The van der Waals surface area contributed by atoms with E-state index in [2.05, 4.69) is 19.2 Å². The fraction of sp³-hybridized carbons (Fsp3) is 0.933. The molecule has 0 aromatic rings. The third-order valence-electron chi connectivity index (χ3n) is 3.95. The van der Waals surface area contributed by atoms with Crippen molar-refractivity contribution in [2.75, 3.05) is 19.8 Å². The Labute approximate surface area is 116 Å². The van der Waals surface area contributed by atoms with E-state index in [4.69, 9.17) is 9.84 Å². The molecule has 0 spiro atoms. The summed E-state index contributed by atoms with van der Waals surface area (Å²) in [5.41, 5.74) is 0.103. The molecule has 0 aromatic heterocycles. The normalized spacial score (nSPS) is 24.2. The SMILES string of the molecule is CCOC(=O)C1CCCC(NCC(C)(C)CCO)C1. The topological polar surface area (TPSA) is 58.6 Å². The fourth-order valence-corrected chi connectivity index (χ4v) is 2.66. The Bertz CT molecular complexity index is 279. The molecule has 19 heavy (non-hydrogen) atoms. The van der Waals surface area contributed by atoms with Crippen LogP contribution in [0.3, 0.4) is 0 Å². The Morgan fingerprint density at radius 1 is 1.42 bits per heavy atom. The second-order valence-corrected chi connectivity index (χ2v) is 6.33. The quantitative estimate of drug-likeness (QED) is 0.696. The molecule has 4 nitrogen and oxygen atoms in total. The van der Waals surface area contributed by atoms with E-state index in [1.165, 1.54) is 0 Å². The molecule has 0 bridgehead atoms. The number of aliphatic hydroxyl groups excluding tert-OH is 1. The maximum absolute atomic E-state index is 11.8. The minimum Gasteiger partial charge on any atom is -0.466 e. The smallest absolute Gasteiger partial charge is 0.308 e. The largest absolute Gasteiger partial charge is 0.466 e. The highest BCUT2D eigenvalue weighted by Crippen LogP contribution is 2.26. The molecule has 0 amide bonds. The van der Waals surface area contributed by atoms with Crippen LogP contribution in [0.5, 0.6) is 0 Å². The first-order valence-corrected chi connectivity index (χ1v) is 7.49. The molecule has 1 fully saturated rings. The summed E-state index contributed by atoms with van der Waals surface area (Å²) in [6, 6.07) is 0.404. The number of carbonyl (C=O) groups excluding carboxylic acids is 1. The number of hydrogen-bond acceptors (Lipinski definition) is 4. The van der Waals surface area contributed by atoms with Gasteiger partial charge in [-0.25, -0.2) is 0 Å². The maximum atomic E-state index is 11.8. The van der Waals surface area contributed by atoms with E-state index >= 15 is 0 Å². The van der Waals surface area contributed by atoms with Gasteiger partial charge in [-0.3, -0.25) is 4.79 Å². The highest BCUT2D eigenvalue weighted by molar-refractivity contribution is 5.72. The summed E-state index contributed by atoms with van der Waals surface area (Å²) in [6.45, 7) is 7.74. The van der Waals surface area contributed by atoms with E-state index in [0.717, 1.165) is 38.6 Å². The number of esters is 1. The molecule has 112 valence electrons. The zero-order valence-electron chi connectivity index (χ0n) is 12.6. The summed E-state index contributed by atoms with van der Waals surface area (Å²) in [5.74, 6) is 0.0239. The van der Waals surface area contributed by atoms with Crippen molar-refractivity contribution in [1.29, 1.82) is 0 Å². The van der Waals surface area contributed by atoms with Crippen molar-refractivity contribution in [1.82, 2.24) is 5.32 Å². The third kappa shape index (κ3) is 5.91. The molecule has 2 atom stereocenters. The Kier molecular flexibility index (Phi) is 6.80. The molecule has 0 aliphatic heterocycles. The highest BCUT2D eigenvalue weighted by Gasteiger charge is 2.29. The molecular formula is C15H29NO3. The van der Waals surface area contributed by atoms with Gasteiger partial charge in [0.25, 0.3) is 0 Å². The molecule has 1 aliphatic carbocycles. The van der Waals surface area contributed by atoms with Crippen LogP contribution in [0.1, 0.15) is 52.9 Å². The summed E-state index contributed by atoms with van der Waals surface area (Å²) in [6.07, 6.45) is 4.85. The van der Waals surface area contributed by atoms with Gasteiger partial charge in [0, 0.05) is 19.2 Å². The van der Waals surface area contributed by atoms with Crippen LogP contribution in [0.2, 0.25) is 0 Å². The minimum atomic E-state index is -0.0383. The van der Waals surface area contributed by atoms with Crippen molar-refractivity contribution >= 4 is 5.97 Å². The van der Waals surface area contributed by atoms with Gasteiger partial charge in [0.15, 0.2) is 0 Å². The number of nitrogens with one attached hydrogen (secondary N) is 1. The van der Waals surface area contributed by atoms with Crippen LogP contribution < -0.4 is 5.32 Å². The number of ether oxygens (including phenoxy) is 1. The van der Waals surface area contributed by atoms with Crippen LogP contribution in [-0.4, -0.2) is 36.9 Å². The monoisotopic (exact) mass is 271 g/mol.